The van der Waals surface area contributed by atoms with Crippen molar-refractivity contribution in [2.24, 2.45) is 0 Å². The van der Waals surface area contributed by atoms with Gasteiger partial charge in [0.15, 0.2) is 11.5 Å². The number of H-pyrrole nitrogens is 1. The highest BCUT2D eigenvalue weighted by Crippen LogP contribution is 2.39. The molecule has 138 valence electrons. The normalized spacial score (nSPS) is 15.3. The summed E-state index contributed by atoms with van der Waals surface area (Å²) in [5.74, 6) is 1.19. The van der Waals surface area contributed by atoms with E-state index >= 15 is 0 Å². The fraction of sp³-hybridized carbons (Fsp3) is 0.250. The fourth-order valence-electron chi connectivity index (χ4n) is 3.43. The Hall–Kier alpha value is -3.35. The summed E-state index contributed by atoms with van der Waals surface area (Å²) in [5, 5.41) is 10.1. The molecule has 0 saturated carbocycles. The molecule has 0 bridgehead atoms. The van der Waals surface area contributed by atoms with Crippen molar-refractivity contribution in [3.63, 3.8) is 0 Å². The van der Waals surface area contributed by atoms with Crippen molar-refractivity contribution in [1.82, 2.24) is 20.5 Å². The minimum Gasteiger partial charge on any atom is -0.493 e. The number of pyridine rings is 1. The highest BCUT2D eigenvalue weighted by Gasteiger charge is 2.27. The van der Waals surface area contributed by atoms with Crippen LogP contribution in [-0.4, -0.2) is 35.3 Å². The Morgan fingerprint density at radius 1 is 1.15 bits per heavy atom. The zero-order chi connectivity index (χ0) is 18.8. The molecular weight excluding hydrogens is 344 g/mol. The SMILES string of the molecule is COc1cc2c(cc1OC)[C@@H](NC(=O)c1cc(-c3ccncc3)n[nH]1)CC2. The van der Waals surface area contributed by atoms with Crippen LogP contribution in [0.5, 0.6) is 11.5 Å². The summed E-state index contributed by atoms with van der Waals surface area (Å²) in [5.41, 5.74) is 4.27. The molecule has 4 rings (SSSR count). The molecule has 1 amide bonds. The van der Waals surface area contributed by atoms with Crippen LogP contribution in [0.3, 0.4) is 0 Å². The van der Waals surface area contributed by atoms with Gasteiger partial charge in [-0.15, -0.1) is 0 Å². The average molecular weight is 364 g/mol. The van der Waals surface area contributed by atoms with Crippen LogP contribution in [0.15, 0.2) is 42.7 Å². The van der Waals surface area contributed by atoms with Crippen molar-refractivity contribution < 1.29 is 14.3 Å². The number of benzene rings is 1. The number of amides is 1. The molecule has 0 spiro atoms. The Morgan fingerprint density at radius 2 is 1.89 bits per heavy atom. The van der Waals surface area contributed by atoms with Crippen LogP contribution in [-0.2, 0) is 6.42 Å². The number of nitrogens with zero attached hydrogens (tertiary/aromatic N) is 2. The lowest BCUT2D eigenvalue weighted by Gasteiger charge is -2.15. The molecule has 2 N–H and O–H groups in total. The number of hydrogen-bond acceptors (Lipinski definition) is 5. The van der Waals surface area contributed by atoms with Gasteiger partial charge < -0.3 is 14.8 Å². The largest absolute Gasteiger partial charge is 0.493 e. The Labute approximate surface area is 156 Å². The Morgan fingerprint density at radius 3 is 2.63 bits per heavy atom. The third-order valence-electron chi connectivity index (χ3n) is 4.83. The molecule has 7 heteroatoms. The van der Waals surface area contributed by atoms with Crippen LogP contribution in [0.2, 0.25) is 0 Å². The second kappa shape index (κ2) is 7.11. The first kappa shape index (κ1) is 17.1. The first-order chi connectivity index (χ1) is 13.2. The Kier molecular flexibility index (Phi) is 4.50. The maximum atomic E-state index is 12.7. The molecule has 1 aliphatic rings. The number of hydrogen-bond donors (Lipinski definition) is 2. The number of carbonyl (C=O) groups excluding carboxylic acids is 1. The van der Waals surface area contributed by atoms with Crippen molar-refractivity contribution in [3.8, 4) is 22.8 Å². The number of nitrogens with one attached hydrogen (secondary N) is 2. The molecule has 1 aromatic carbocycles. The molecule has 7 nitrogen and oxygen atoms in total. The van der Waals surface area contributed by atoms with Crippen LogP contribution in [0, 0.1) is 0 Å². The Bertz CT molecular complexity index is 969. The standard InChI is InChI=1S/C20H20N4O3/c1-26-18-9-13-3-4-15(14(13)10-19(18)27-2)22-20(25)17-11-16(23-24-17)12-5-7-21-8-6-12/h5-11,15H,3-4H2,1-2H3,(H,22,25)(H,23,24)/t15-/m0/s1. The number of aryl methyl sites for hydroxylation is 1. The number of aromatic amines is 1. The number of rotatable bonds is 5. The maximum absolute atomic E-state index is 12.7. The molecule has 27 heavy (non-hydrogen) atoms. The molecule has 1 aliphatic carbocycles. The summed E-state index contributed by atoms with van der Waals surface area (Å²) in [7, 11) is 3.23. The number of aromatic nitrogens is 3. The first-order valence-corrected chi connectivity index (χ1v) is 8.71. The van der Waals surface area contributed by atoms with Gasteiger partial charge in [0, 0.05) is 18.0 Å². The van der Waals surface area contributed by atoms with E-state index in [0.717, 1.165) is 24.0 Å². The third-order valence-corrected chi connectivity index (χ3v) is 4.83. The van der Waals surface area contributed by atoms with Gasteiger partial charge in [0.25, 0.3) is 5.91 Å². The number of carbonyl (C=O) groups is 1. The van der Waals surface area contributed by atoms with Gasteiger partial charge in [-0.3, -0.25) is 14.9 Å². The van der Waals surface area contributed by atoms with Gasteiger partial charge in [-0.05, 0) is 54.3 Å². The van der Waals surface area contributed by atoms with E-state index in [9.17, 15) is 4.79 Å². The highest BCUT2D eigenvalue weighted by atomic mass is 16.5. The lowest BCUT2D eigenvalue weighted by atomic mass is 10.1. The predicted octanol–water partition coefficient (Wildman–Crippen LogP) is 2.91. The van der Waals surface area contributed by atoms with Gasteiger partial charge in [0.1, 0.15) is 5.69 Å². The third kappa shape index (κ3) is 3.23. The number of fused-ring (bicyclic) bond motifs is 1. The van der Waals surface area contributed by atoms with Crippen molar-refractivity contribution in [2.45, 2.75) is 18.9 Å². The second-order valence-electron chi connectivity index (χ2n) is 6.37. The number of ether oxygens (including phenoxy) is 2. The van der Waals surface area contributed by atoms with Crippen molar-refractivity contribution in [2.75, 3.05) is 14.2 Å². The highest BCUT2D eigenvalue weighted by molar-refractivity contribution is 5.93. The maximum Gasteiger partial charge on any atom is 0.269 e. The van der Waals surface area contributed by atoms with Crippen molar-refractivity contribution in [3.05, 3.63) is 59.5 Å². The monoisotopic (exact) mass is 364 g/mol. The number of methoxy groups -OCH3 is 2. The quantitative estimate of drug-likeness (QED) is 0.727. The molecule has 0 radical (unpaired) electrons. The smallest absolute Gasteiger partial charge is 0.269 e. The van der Waals surface area contributed by atoms with Crippen LogP contribution >= 0.6 is 0 Å². The zero-order valence-corrected chi connectivity index (χ0v) is 15.2. The lowest BCUT2D eigenvalue weighted by molar-refractivity contribution is 0.0931. The summed E-state index contributed by atoms with van der Waals surface area (Å²) >= 11 is 0. The van der Waals surface area contributed by atoms with Gasteiger partial charge >= 0.3 is 0 Å². The van der Waals surface area contributed by atoms with Crippen LogP contribution in [0.4, 0.5) is 0 Å². The van der Waals surface area contributed by atoms with Crippen molar-refractivity contribution in [1.29, 1.82) is 0 Å². The lowest BCUT2D eigenvalue weighted by Crippen LogP contribution is -2.27. The van der Waals surface area contributed by atoms with Crippen molar-refractivity contribution >= 4 is 5.91 Å². The van der Waals surface area contributed by atoms with E-state index in [1.807, 2.05) is 24.3 Å². The van der Waals surface area contributed by atoms with Gasteiger partial charge in [0.05, 0.1) is 26.0 Å². The zero-order valence-electron chi connectivity index (χ0n) is 15.2. The molecule has 0 fully saturated rings. The minimum atomic E-state index is -0.185. The summed E-state index contributed by atoms with van der Waals surface area (Å²) in [6.45, 7) is 0. The van der Waals surface area contributed by atoms with E-state index in [1.54, 1.807) is 32.7 Å². The van der Waals surface area contributed by atoms with Gasteiger partial charge in [-0.2, -0.15) is 5.10 Å². The molecule has 0 unspecified atom stereocenters. The second-order valence-corrected chi connectivity index (χ2v) is 6.37. The first-order valence-electron chi connectivity index (χ1n) is 8.71. The molecule has 3 aromatic rings. The topological polar surface area (TPSA) is 89.1 Å². The average Bonchev–Trinajstić information content (AvgIpc) is 3.35. The van der Waals surface area contributed by atoms with Gasteiger partial charge in [-0.25, -0.2) is 0 Å². The van der Waals surface area contributed by atoms with E-state index in [-0.39, 0.29) is 11.9 Å². The van der Waals surface area contributed by atoms with Crippen LogP contribution in [0.25, 0.3) is 11.3 Å². The summed E-state index contributed by atoms with van der Waals surface area (Å²) < 4.78 is 10.8. The molecule has 2 aromatic heterocycles. The van der Waals surface area contributed by atoms with E-state index in [4.69, 9.17) is 9.47 Å². The molecular formula is C20H20N4O3. The molecule has 1 atom stereocenters. The van der Waals surface area contributed by atoms with Gasteiger partial charge in [0.2, 0.25) is 0 Å². The van der Waals surface area contributed by atoms with Crippen LogP contribution < -0.4 is 14.8 Å². The van der Waals surface area contributed by atoms with E-state index in [2.05, 4.69) is 20.5 Å². The molecule has 2 heterocycles. The molecule has 0 saturated heterocycles. The van der Waals surface area contributed by atoms with E-state index in [1.165, 1.54) is 5.56 Å². The van der Waals surface area contributed by atoms with E-state index in [0.29, 0.717) is 22.9 Å². The Balaban J connectivity index is 1.53. The summed E-state index contributed by atoms with van der Waals surface area (Å²) in [6.07, 6.45) is 5.11. The van der Waals surface area contributed by atoms with E-state index < -0.39 is 0 Å². The minimum absolute atomic E-state index is 0.0695. The van der Waals surface area contributed by atoms with Crippen LogP contribution in [0.1, 0.15) is 34.1 Å². The summed E-state index contributed by atoms with van der Waals surface area (Å²) in [6, 6.07) is 9.31. The van der Waals surface area contributed by atoms with Gasteiger partial charge in [-0.1, -0.05) is 0 Å². The molecule has 0 aliphatic heterocycles. The predicted molar refractivity (Wildman–Crippen MR) is 99.9 cm³/mol. The summed E-state index contributed by atoms with van der Waals surface area (Å²) in [4.78, 5) is 16.7. The fourth-order valence-corrected chi connectivity index (χ4v) is 3.43.